The number of carbonyl (C=O) groups is 3. The second kappa shape index (κ2) is 36.2. The van der Waals surface area contributed by atoms with Crippen molar-refractivity contribution in [1.29, 1.82) is 0 Å². The van der Waals surface area contributed by atoms with E-state index in [1.165, 1.54) is 96.3 Å². The second-order valence-corrected chi connectivity index (χ2v) is 14.3. The molecule has 0 aliphatic heterocycles. The monoisotopic (exact) mass is 697 g/mol. The molecule has 0 rings (SSSR count). The van der Waals surface area contributed by atoms with Crippen LogP contribution in [0.3, 0.4) is 0 Å². The Balaban J connectivity index is 5.28. The van der Waals surface area contributed by atoms with Crippen LogP contribution in [0.2, 0.25) is 0 Å². The Morgan fingerprint density at radius 3 is 0.939 bits per heavy atom. The number of unbranched alkanes of at least 4 members (excludes halogenated alkanes) is 24. The lowest BCUT2D eigenvalue weighted by atomic mass is 9.94. The summed E-state index contributed by atoms with van der Waals surface area (Å²) in [4.78, 5) is 40.1. The molecule has 0 amide bonds. The molecule has 1 atom stereocenters. The van der Waals surface area contributed by atoms with Crippen LogP contribution in [0.1, 0.15) is 220 Å². The van der Waals surface area contributed by atoms with E-state index in [2.05, 4.69) is 27.7 Å². The number of rotatable bonds is 38. The zero-order valence-electron chi connectivity index (χ0n) is 32.9. The van der Waals surface area contributed by atoms with Gasteiger partial charge in [0.1, 0.15) is 0 Å². The summed E-state index contributed by atoms with van der Waals surface area (Å²) >= 11 is 0. The van der Waals surface area contributed by atoms with Crippen LogP contribution in [-0.2, 0) is 33.3 Å². The molecular weight excluding hydrogens is 616 g/mol. The standard InChI is InChI=1S/C42H80O7/c1-5-9-13-17-21-22-23-24-27-30-34-47-40(44)38-42(49-36-32-28-20-16-12-8-4,41(45)48-35-31-26-19-15-11-7-3)37-39(43)46-33-29-25-18-14-10-6-2/h5-38H2,1-4H3. The van der Waals surface area contributed by atoms with Crippen LogP contribution in [0.15, 0.2) is 0 Å². The molecule has 290 valence electrons. The van der Waals surface area contributed by atoms with Crippen molar-refractivity contribution in [3.8, 4) is 0 Å². The summed E-state index contributed by atoms with van der Waals surface area (Å²) in [6.45, 7) is 9.93. The highest BCUT2D eigenvalue weighted by Crippen LogP contribution is 2.27. The lowest BCUT2D eigenvalue weighted by Gasteiger charge is -2.30. The molecule has 0 fully saturated rings. The lowest BCUT2D eigenvalue weighted by Crippen LogP contribution is -2.47. The third-order valence-electron chi connectivity index (χ3n) is 9.36. The largest absolute Gasteiger partial charge is 0.466 e. The third-order valence-corrected chi connectivity index (χ3v) is 9.36. The van der Waals surface area contributed by atoms with Gasteiger partial charge in [-0.15, -0.1) is 0 Å². The van der Waals surface area contributed by atoms with Crippen molar-refractivity contribution in [3.05, 3.63) is 0 Å². The van der Waals surface area contributed by atoms with Gasteiger partial charge in [0.05, 0.1) is 32.7 Å². The SMILES string of the molecule is CCCCCCCCCCCCOC(=O)CC(CC(=O)OCCCCCCCC)(OCCCCCCCC)C(=O)OCCCCCCCC. The zero-order valence-corrected chi connectivity index (χ0v) is 32.9. The van der Waals surface area contributed by atoms with Gasteiger partial charge in [-0.2, -0.15) is 0 Å². The topological polar surface area (TPSA) is 88.1 Å². The van der Waals surface area contributed by atoms with Crippen LogP contribution in [0.5, 0.6) is 0 Å². The van der Waals surface area contributed by atoms with Crippen LogP contribution in [0.4, 0.5) is 0 Å². The van der Waals surface area contributed by atoms with Crippen LogP contribution >= 0.6 is 0 Å². The molecule has 0 saturated heterocycles. The van der Waals surface area contributed by atoms with Gasteiger partial charge in [-0.3, -0.25) is 9.59 Å². The fraction of sp³-hybridized carbons (Fsp3) is 0.929. The van der Waals surface area contributed by atoms with Gasteiger partial charge in [-0.1, -0.05) is 182 Å². The highest BCUT2D eigenvalue weighted by atomic mass is 16.6. The Labute approximate surface area is 303 Å². The molecular formula is C42H80O7. The van der Waals surface area contributed by atoms with Crippen LogP contribution < -0.4 is 0 Å². The van der Waals surface area contributed by atoms with Crippen molar-refractivity contribution in [2.75, 3.05) is 26.4 Å². The van der Waals surface area contributed by atoms with Crippen molar-refractivity contribution in [3.63, 3.8) is 0 Å². The molecule has 0 aliphatic rings. The van der Waals surface area contributed by atoms with Crippen LogP contribution in [-0.4, -0.2) is 49.9 Å². The van der Waals surface area contributed by atoms with Crippen LogP contribution in [0.25, 0.3) is 0 Å². The van der Waals surface area contributed by atoms with E-state index in [9.17, 15) is 14.4 Å². The maximum absolute atomic E-state index is 13.7. The van der Waals surface area contributed by atoms with Gasteiger partial charge in [0, 0.05) is 6.61 Å². The summed E-state index contributed by atoms with van der Waals surface area (Å²) in [7, 11) is 0. The quantitative estimate of drug-likeness (QED) is 0.0360. The first-order valence-corrected chi connectivity index (χ1v) is 21.1. The Hall–Kier alpha value is -1.63. The smallest absolute Gasteiger partial charge is 0.339 e. The van der Waals surface area contributed by atoms with Crippen molar-refractivity contribution in [2.45, 2.75) is 226 Å². The number of esters is 3. The molecule has 0 N–H and O–H groups in total. The van der Waals surface area contributed by atoms with Gasteiger partial charge >= 0.3 is 17.9 Å². The maximum Gasteiger partial charge on any atom is 0.339 e. The Bertz CT molecular complexity index is 755. The predicted octanol–water partition coefficient (Wildman–Crippen LogP) is 12.2. The van der Waals surface area contributed by atoms with E-state index in [-0.39, 0.29) is 26.1 Å². The van der Waals surface area contributed by atoms with E-state index >= 15 is 0 Å². The molecule has 7 nitrogen and oxygen atoms in total. The number of carbonyl (C=O) groups excluding carboxylic acids is 3. The van der Waals surface area contributed by atoms with Crippen LogP contribution in [0, 0.1) is 0 Å². The number of hydrogen-bond donors (Lipinski definition) is 0. The Kier molecular flexibility index (Phi) is 35.0. The molecule has 0 heterocycles. The summed E-state index contributed by atoms with van der Waals surface area (Å²) in [5.74, 6) is -1.71. The highest BCUT2D eigenvalue weighted by molar-refractivity contribution is 5.90. The normalized spacial score (nSPS) is 12.5. The molecule has 0 saturated carbocycles. The molecule has 0 spiro atoms. The molecule has 0 aromatic heterocycles. The maximum atomic E-state index is 13.7. The highest BCUT2D eigenvalue weighted by Gasteiger charge is 2.46. The first-order chi connectivity index (χ1) is 24.0. The zero-order chi connectivity index (χ0) is 36.1. The van der Waals surface area contributed by atoms with Gasteiger partial charge in [0.25, 0.3) is 0 Å². The van der Waals surface area contributed by atoms with E-state index in [0.29, 0.717) is 13.2 Å². The number of hydrogen-bond acceptors (Lipinski definition) is 7. The first-order valence-electron chi connectivity index (χ1n) is 21.1. The van der Waals surface area contributed by atoms with Crippen molar-refractivity contribution in [2.24, 2.45) is 0 Å². The third kappa shape index (κ3) is 29.8. The fourth-order valence-corrected chi connectivity index (χ4v) is 6.11. The summed E-state index contributed by atoms with van der Waals surface area (Å²) in [6, 6.07) is 0. The van der Waals surface area contributed by atoms with E-state index in [0.717, 1.165) is 83.5 Å². The van der Waals surface area contributed by atoms with E-state index < -0.39 is 23.5 Å². The Morgan fingerprint density at radius 2 is 0.612 bits per heavy atom. The van der Waals surface area contributed by atoms with Gasteiger partial charge < -0.3 is 18.9 Å². The molecule has 0 radical (unpaired) electrons. The van der Waals surface area contributed by atoms with Crippen molar-refractivity contribution in [1.82, 2.24) is 0 Å². The first kappa shape index (κ1) is 47.4. The fourth-order valence-electron chi connectivity index (χ4n) is 6.11. The van der Waals surface area contributed by atoms with Crippen molar-refractivity contribution >= 4 is 17.9 Å². The van der Waals surface area contributed by atoms with Gasteiger partial charge in [-0.05, 0) is 25.7 Å². The molecule has 7 heteroatoms. The average molecular weight is 697 g/mol. The van der Waals surface area contributed by atoms with Gasteiger partial charge in [-0.25, -0.2) is 4.79 Å². The minimum Gasteiger partial charge on any atom is -0.466 e. The molecule has 0 bridgehead atoms. The average Bonchev–Trinajstić information content (AvgIpc) is 3.09. The minimum atomic E-state index is -1.74. The van der Waals surface area contributed by atoms with E-state index in [1.54, 1.807) is 0 Å². The second-order valence-electron chi connectivity index (χ2n) is 14.3. The summed E-state index contributed by atoms with van der Waals surface area (Å²) in [5.41, 5.74) is -1.74. The van der Waals surface area contributed by atoms with E-state index in [1.807, 2.05) is 0 Å². The predicted molar refractivity (Wildman–Crippen MR) is 203 cm³/mol. The summed E-state index contributed by atoms with van der Waals surface area (Å²) in [6.07, 6.45) is 30.5. The molecule has 49 heavy (non-hydrogen) atoms. The Morgan fingerprint density at radius 1 is 0.347 bits per heavy atom. The molecule has 0 aromatic rings. The van der Waals surface area contributed by atoms with Gasteiger partial charge in [0.2, 0.25) is 0 Å². The number of ether oxygens (including phenoxy) is 4. The van der Waals surface area contributed by atoms with Gasteiger partial charge in [0.15, 0.2) is 5.60 Å². The molecule has 0 aliphatic carbocycles. The van der Waals surface area contributed by atoms with Crippen molar-refractivity contribution < 1.29 is 33.3 Å². The molecule has 1 unspecified atom stereocenters. The minimum absolute atomic E-state index is 0.244. The molecule has 0 aromatic carbocycles. The summed E-state index contributed by atoms with van der Waals surface area (Å²) in [5, 5.41) is 0. The lowest BCUT2D eigenvalue weighted by molar-refractivity contribution is -0.186. The van der Waals surface area contributed by atoms with E-state index in [4.69, 9.17) is 18.9 Å². The summed E-state index contributed by atoms with van der Waals surface area (Å²) < 4.78 is 23.2.